The van der Waals surface area contributed by atoms with Gasteiger partial charge in [-0.3, -0.25) is 4.90 Å². The quantitative estimate of drug-likeness (QED) is 0.594. The Balaban J connectivity index is 2.34. The van der Waals surface area contributed by atoms with Gasteiger partial charge in [-0.1, -0.05) is 19.9 Å². The van der Waals surface area contributed by atoms with Crippen molar-refractivity contribution in [3.63, 3.8) is 0 Å². The third-order valence-corrected chi connectivity index (χ3v) is 2.31. The molecule has 0 aromatic carbocycles. The van der Waals surface area contributed by atoms with E-state index in [0.29, 0.717) is 12.0 Å². The molecule has 0 N–H and O–H groups in total. The summed E-state index contributed by atoms with van der Waals surface area (Å²) >= 11 is 0. The van der Waals surface area contributed by atoms with Crippen LogP contribution >= 0.6 is 0 Å². The average molecular weight is 169 g/mol. The van der Waals surface area contributed by atoms with E-state index >= 15 is 0 Å². The van der Waals surface area contributed by atoms with Crippen molar-refractivity contribution in [2.24, 2.45) is 5.92 Å². The Bertz CT molecular complexity index is 145. The average Bonchev–Trinajstić information content (AvgIpc) is 2.05. The molecule has 0 aromatic rings. The molecule has 0 saturated carbocycles. The molecule has 1 heterocycles. The summed E-state index contributed by atoms with van der Waals surface area (Å²) in [6, 6.07) is 0. The number of rotatable bonds is 3. The number of morpholine rings is 1. The zero-order chi connectivity index (χ0) is 8.97. The highest BCUT2D eigenvalue weighted by Gasteiger charge is 2.21. The zero-order valence-corrected chi connectivity index (χ0v) is 8.12. The lowest BCUT2D eigenvalue weighted by Crippen LogP contribution is -2.44. The molecular weight excluding hydrogens is 150 g/mol. The third-order valence-electron chi connectivity index (χ3n) is 2.31. The van der Waals surface area contributed by atoms with Crippen LogP contribution in [0.25, 0.3) is 0 Å². The topological polar surface area (TPSA) is 12.5 Å². The molecule has 0 spiro atoms. The monoisotopic (exact) mass is 169 g/mol. The highest BCUT2D eigenvalue weighted by atomic mass is 16.5. The van der Waals surface area contributed by atoms with Gasteiger partial charge in [-0.2, -0.15) is 0 Å². The number of hydrogen-bond acceptors (Lipinski definition) is 2. The molecule has 12 heavy (non-hydrogen) atoms. The van der Waals surface area contributed by atoms with Crippen LogP contribution in [0.4, 0.5) is 0 Å². The molecule has 1 atom stereocenters. The van der Waals surface area contributed by atoms with Crippen LogP contribution in [-0.2, 0) is 4.74 Å². The molecule has 0 bridgehead atoms. The van der Waals surface area contributed by atoms with Crippen molar-refractivity contribution in [1.82, 2.24) is 4.90 Å². The third kappa shape index (κ3) is 2.61. The molecule has 1 fully saturated rings. The molecule has 0 amide bonds. The highest BCUT2D eigenvalue weighted by Crippen LogP contribution is 2.12. The van der Waals surface area contributed by atoms with Crippen molar-refractivity contribution in [1.29, 1.82) is 0 Å². The first kappa shape index (κ1) is 9.75. The molecule has 2 nitrogen and oxygen atoms in total. The fourth-order valence-electron chi connectivity index (χ4n) is 1.48. The van der Waals surface area contributed by atoms with Crippen LogP contribution in [-0.4, -0.2) is 37.2 Å². The molecule has 1 unspecified atom stereocenters. The van der Waals surface area contributed by atoms with E-state index in [4.69, 9.17) is 4.74 Å². The fraction of sp³-hybridized carbons (Fsp3) is 0.800. The van der Waals surface area contributed by atoms with Crippen LogP contribution in [0, 0.1) is 5.92 Å². The van der Waals surface area contributed by atoms with Crippen molar-refractivity contribution >= 4 is 0 Å². The minimum absolute atomic E-state index is 0.415. The molecule has 1 rings (SSSR count). The van der Waals surface area contributed by atoms with Gasteiger partial charge in [-0.15, -0.1) is 6.58 Å². The Labute approximate surface area is 75.2 Å². The van der Waals surface area contributed by atoms with Gasteiger partial charge in [0.25, 0.3) is 0 Å². The van der Waals surface area contributed by atoms with E-state index in [-0.39, 0.29) is 0 Å². The largest absolute Gasteiger partial charge is 0.375 e. The van der Waals surface area contributed by atoms with E-state index in [1.54, 1.807) is 0 Å². The first-order chi connectivity index (χ1) is 5.74. The van der Waals surface area contributed by atoms with E-state index in [0.717, 1.165) is 26.2 Å². The highest BCUT2D eigenvalue weighted by molar-refractivity contribution is 4.79. The van der Waals surface area contributed by atoms with E-state index in [1.807, 2.05) is 6.08 Å². The molecule has 0 radical (unpaired) electrons. The van der Waals surface area contributed by atoms with Gasteiger partial charge in [0.05, 0.1) is 12.7 Å². The van der Waals surface area contributed by atoms with Gasteiger partial charge in [0.1, 0.15) is 0 Å². The van der Waals surface area contributed by atoms with Crippen LogP contribution in [0.1, 0.15) is 13.8 Å². The van der Waals surface area contributed by atoms with Crippen molar-refractivity contribution < 1.29 is 4.74 Å². The van der Waals surface area contributed by atoms with Gasteiger partial charge < -0.3 is 4.74 Å². The van der Waals surface area contributed by atoms with Crippen LogP contribution in [0.2, 0.25) is 0 Å². The Morgan fingerprint density at radius 2 is 2.42 bits per heavy atom. The summed E-state index contributed by atoms with van der Waals surface area (Å²) in [4.78, 5) is 2.39. The minimum atomic E-state index is 0.415. The number of hydrogen-bond donors (Lipinski definition) is 0. The fourth-order valence-corrected chi connectivity index (χ4v) is 1.48. The van der Waals surface area contributed by atoms with E-state index < -0.39 is 0 Å². The van der Waals surface area contributed by atoms with Gasteiger partial charge in [-0.05, 0) is 5.92 Å². The normalized spacial score (nSPS) is 26.1. The first-order valence-corrected chi connectivity index (χ1v) is 4.69. The van der Waals surface area contributed by atoms with Crippen molar-refractivity contribution in [2.75, 3.05) is 26.2 Å². The zero-order valence-electron chi connectivity index (χ0n) is 8.12. The van der Waals surface area contributed by atoms with E-state index in [1.165, 1.54) is 0 Å². The molecular formula is C10H19NO. The van der Waals surface area contributed by atoms with Gasteiger partial charge in [0.2, 0.25) is 0 Å². The minimum Gasteiger partial charge on any atom is -0.375 e. The van der Waals surface area contributed by atoms with Crippen LogP contribution in [0.5, 0.6) is 0 Å². The molecule has 1 aliphatic heterocycles. The molecule has 70 valence electrons. The van der Waals surface area contributed by atoms with Crippen LogP contribution < -0.4 is 0 Å². The molecule has 0 aliphatic carbocycles. The Hall–Kier alpha value is -0.340. The Kier molecular flexibility index (Phi) is 3.76. The predicted octanol–water partition coefficient (Wildman–Crippen LogP) is 1.53. The number of ether oxygens (including phenoxy) is 1. The second kappa shape index (κ2) is 4.63. The summed E-state index contributed by atoms with van der Waals surface area (Å²) in [7, 11) is 0. The summed E-state index contributed by atoms with van der Waals surface area (Å²) < 4.78 is 5.64. The predicted molar refractivity (Wildman–Crippen MR) is 51.2 cm³/mol. The van der Waals surface area contributed by atoms with Gasteiger partial charge >= 0.3 is 0 Å². The number of nitrogens with zero attached hydrogens (tertiary/aromatic N) is 1. The van der Waals surface area contributed by atoms with Gasteiger partial charge in [0.15, 0.2) is 0 Å². The summed E-state index contributed by atoms with van der Waals surface area (Å²) in [5.41, 5.74) is 0. The van der Waals surface area contributed by atoms with Gasteiger partial charge in [-0.25, -0.2) is 0 Å². The summed E-state index contributed by atoms with van der Waals surface area (Å²) in [5.74, 6) is 0.623. The summed E-state index contributed by atoms with van der Waals surface area (Å²) in [5, 5.41) is 0. The van der Waals surface area contributed by atoms with E-state index in [9.17, 15) is 0 Å². The lowest BCUT2D eigenvalue weighted by molar-refractivity contribution is -0.0469. The molecule has 0 aromatic heterocycles. The maximum absolute atomic E-state index is 5.64. The van der Waals surface area contributed by atoms with Crippen LogP contribution in [0.3, 0.4) is 0 Å². The Morgan fingerprint density at radius 1 is 1.67 bits per heavy atom. The smallest absolute Gasteiger partial charge is 0.0725 e. The second-order valence-electron chi connectivity index (χ2n) is 3.70. The first-order valence-electron chi connectivity index (χ1n) is 4.69. The van der Waals surface area contributed by atoms with Gasteiger partial charge in [0, 0.05) is 19.6 Å². The van der Waals surface area contributed by atoms with Crippen molar-refractivity contribution in [3.05, 3.63) is 12.7 Å². The second-order valence-corrected chi connectivity index (χ2v) is 3.70. The molecule has 1 aliphatic rings. The van der Waals surface area contributed by atoms with Crippen LogP contribution in [0.15, 0.2) is 12.7 Å². The standard InChI is InChI=1S/C10H19NO/c1-4-5-11-6-7-12-10(8-11)9(2)3/h4,9-10H,1,5-8H2,2-3H3. The van der Waals surface area contributed by atoms with Crippen molar-refractivity contribution in [2.45, 2.75) is 20.0 Å². The molecule has 2 heteroatoms. The van der Waals surface area contributed by atoms with Crippen molar-refractivity contribution in [3.8, 4) is 0 Å². The maximum atomic E-state index is 5.64. The maximum Gasteiger partial charge on any atom is 0.0725 e. The summed E-state index contributed by atoms with van der Waals surface area (Å²) in [6.07, 6.45) is 2.38. The Morgan fingerprint density at radius 3 is 3.00 bits per heavy atom. The summed E-state index contributed by atoms with van der Waals surface area (Å²) in [6.45, 7) is 12.1. The lowest BCUT2D eigenvalue weighted by atomic mass is 10.1. The SMILES string of the molecule is C=CCN1CCOC(C(C)C)C1. The van der Waals surface area contributed by atoms with E-state index in [2.05, 4.69) is 25.3 Å². The lowest BCUT2D eigenvalue weighted by Gasteiger charge is -2.34. The molecule has 1 saturated heterocycles.